The molecule has 0 unspecified atom stereocenters. The molecule has 8 heteroatoms. The summed E-state index contributed by atoms with van der Waals surface area (Å²) in [5, 5.41) is 5.93. The number of rotatable bonds is 6. The summed E-state index contributed by atoms with van der Waals surface area (Å²) in [7, 11) is 3.94. The normalized spacial score (nSPS) is 11.5. The first-order chi connectivity index (χ1) is 16.9. The maximum atomic E-state index is 13.5. The second-order valence-electron chi connectivity index (χ2n) is 8.16. The second-order valence-corrected chi connectivity index (χ2v) is 9.07. The van der Waals surface area contributed by atoms with Gasteiger partial charge in [-0.05, 0) is 55.5 Å². The van der Waals surface area contributed by atoms with Gasteiger partial charge in [-0.1, -0.05) is 28.1 Å². The topological polar surface area (TPSA) is 72.9 Å². The molecule has 0 aliphatic rings. The first-order valence-corrected chi connectivity index (χ1v) is 11.9. The highest BCUT2D eigenvalue weighted by Crippen LogP contribution is 2.29. The summed E-state index contributed by atoms with van der Waals surface area (Å²) in [6.45, 7) is 2.44. The van der Waals surface area contributed by atoms with Gasteiger partial charge in [0, 0.05) is 41.3 Å². The fraction of sp³-hybridized carbons (Fsp3) is 0.148. The Bertz CT molecular complexity index is 1640. The minimum atomic E-state index is -0.286. The lowest BCUT2D eigenvalue weighted by Gasteiger charge is -2.15. The molecule has 0 atom stereocenters. The molecule has 2 heterocycles. The highest BCUT2D eigenvalue weighted by molar-refractivity contribution is 9.10. The monoisotopic (exact) mass is 530 g/mol. The molecule has 5 rings (SSSR count). The van der Waals surface area contributed by atoms with Gasteiger partial charge in [0.05, 0.1) is 23.7 Å². The van der Waals surface area contributed by atoms with E-state index in [-0.39, 0.29) is 5.56 Å². The molecule has 0 amide bonds. The van der Waals surface area contributed by atoms with Crippen molar-refractivity contribution >= 4 is 49.7 Å². The van der Waals surface area contributed by atoms with E-state index in [2.05, 4.69) is 21.0 Å². The average Bonchev–Trinajstić information content (AvgIpc) is 3.27. The van der Waals surface area contributed by atoms with Crippen molar-refractivity contribution in [2.45, 2.75) is 6.92 Å². The lowest BCUT2D eigenvalue weighted by Crippen LogP contribution is -2.20. The summed E-state index contributed by atoms with van der Waals surface area (Å²) >= 11 is 3.49. The van der Waals surface area contributed by atoms with Crippen molar-refractivity contribution < 1.29 is 9.15 Å². The molecule has 0 radical (unpaired) electrons. The number of nitrogens with zero attached hydrogens (tertiary/aromatic N) is 4. The minimum absolute atomic E-state index is 0.286. The van der Waals surface area contributed by atoms with E-state index in [1.807, 2.05) is 80.5 Å². The van der Waals surface area contributed by atoms with E-state index in [9.17, 15) is 4.79 Å². The maximum Gasteiger partial charge on any atom is 0.282 e. The number of benzene rings is 3. The van der Waals surface area contributed by atoms with Crippen LogP contribution in [0.5, 0.6) is 5.75 Å². The molecule has 0 saturated carbocycles. The number of anilines is 1. The van der Waals surface area contributed by atoms with Gasteiger partial charge in [0.1, 0.15) is 11.3 Å². The molecular formula is C27H23BrN4O3. The molecule has 0 aliphatic carbocycles. The predicted octanol–water partition coefficient (Wildman–Crippen LogP) is 5.92. The van der Waals surface area contributed by atoms with Crippen LogP contribution in [0.2, 0.25) is 0 Å². The maximum absolute atomic E-state index is 13.5. The third-order valence-corrected chi connectivity index (χ3v) is 6.07. The van der Waals surface area contributed by atoms with Gasteiger partial charge >= 0.3 is 0 Å². The van der Waals surface area contributed by atoms with Gasteiger partial charge in [0.2, 0.25) is 5.82 Å². The minimum Gasteiger partial charge on any atom is -0.493 e. The van der Waals surface area contributed by atoms with Gasteiger partial charge in [-0.15, -0.1) is 0 Å². The van der Waals surface area contributed by atoms with E-state index in [1.54, 1.807) is 18.3 Å². The van der Waals surface area contributed by atoms with E-state index in [4.69, 9.17) is 14.1 Å². The molecule has 5 aromatic rings. The van der Waals surface area contributed by atoms with Crippen LogP contribution in [0.25, 0.3) is 33.5 Å². The average molecular weight is 531 g/mol. The lowest BCUT2D eigenvalue weighted by atomic mass is 10.2. The predicted molar refractivity (Wildman–Crippen MR) is 144 cm³/mol. The van der Waals surface area contributed by atoms with Crippen LogP contribution in [0.15, 0.2) is 85.5 Å². The van der Waals surface area contributed by atoms with Gasteiger partial charge in [-0.25, -0.2) is 4.98 Å². The fourth-order valence-corrected chi connectivity index (χ4v) is 4.20. The Labute approximate surface area is 210 Å². The van der Waals surface area contributed by atoms with E-state index in [0.717, 1.165) is 21.1 Å². The highest BCUT2D eigenvalue weighted by Gasteiger charge is 2.17. The van der Waals surface area contributed by atoms with E-state index < -0.39 is 0 Å². The van der Waals surface area contributed by atoms with E-state index in [0.29, 0.717) is 40.4 Å². The van der Waals surface area contributed by atoms with Gasteiger partial charge in [-0.3, -0.25) is 4.79 Å². The Morgan fingerprint density at radius 3 is 2.74 bits per heavy atom. The quantitative estimate of drug-likeness (QED) is 0.255. The van der Waals surface area contributed by atoms with Crippen molar-refractivity contribution in [3.8, 4) is 17.3 Å². The van der Waals surface area contributed by atoms with Gasteiger partial charge in [0.15, 0.2) is 5.76 Å². The summed E-state index contributed by atoms with van der Waals surface area (Å²) in [4.78, 5) is 20.2. The Balaban J connectivity index is 1.69. The molecule has 176 valence electrons. The van der Waals surface area contributed by atoms with Gasteiger partial charge in [0.25, 0.3) is 5.56 Å². The Morgan fingerprint density at radius 1 is 1.11 bits per heavy atom. The number of halogens is 1. The molecule has 35 heavy (non-hydrogen) atoms. The molecule has 0 fully saturated rings. The summed E-state index contributed by atoms with van der Waals surface area (Å²) in [5.41, 5.74) is 2.73. The van der Waals surface area contributed by atoms with Crippen LogP contribution in [0, 0.1) is 0 Å². The SMILES string of the molecule is CCOc1cc(N(C)C)ccc1C=Nn1c(-c2cc3cc(Br)ccc3o2)nc2ccccc2c1=O. The number of ether oxygens (including phenoxy) is 1. The summed E-state index contributed by atoms with van der Waals surface area (Å²) in [6, 6.07) is 20.6. The third-order valence-electron chi connectivity index (χ3n) is 5.58. The fourth-order valence-electron chi connectivity index (χ4n) is 3.82. The van der Waals surface area contributed by atoms with E-state index >= 15 is 0 Å². The van der Waals surface area contributed by atoms with Crippen LogP contribution >= 0.6 is 15.9 Å². The van der Waals surface area contributed by atoms with Crippen LogP contribution in [-0.2, 0) is 0 Å². The van der Waals surface area contributed by atoms with Gasteiger partial charge in [-0.2, -0.15) is 9.78 Å². The van der Waals surface area contributed by atoms with Gasteiger partial charge < -0.3 is 14.1 Å². The van der Waals surface area contributed by atoms with Crippen molar-refractivity contribution in [2.75, 3.05) is 25.6 Å². The Morgan fingerprint density at radius 2 is 1.94 bits per heavy atom. The van der Waals surface area contributed by atoms with Crippen LogP contribution in [0.1, 0.15) is 12.5 Å². The van der Waals surface area contributed by atoms with Crippen molar-refractivity contribution in [3.63, 3.8) is 0 Å². The van der Waals surface area contributed by atoms with Crippen LogP contribution < -0.4 is 15.2 Å². The third kappa shape index (κ3) is 4.44. The lowest BCUT2D eigenvalue weighted by molar-refractivity contribution is 0.340. The van der Waals surface area contributed by atoms with Crippen molar-refractivity contribution in [2.24, 2.45) is 5.10 Å². The van der Waals surface area contributed by atoms with Crippen LogP contribution in [0.4, 0.5) is 5.69 Å². The molecule has 3 aromatic carbocycles. The zero-order valence-corrected chi connectivity index (χ0v) is 21.1. The smallest absolute Gasteiger partial charge is 0.282 e. The van der Waals surface area contributed by atoms with E-state index in [1.165, 1.54) is 4.68 Å². The molecule has 0 aliphatic heterocycles. The number of para-hydroxylation sites is 1. The highest BCUT2D eigenvalue weighted by atomic mass is 79.9. The first-order valence-electron chi connectivity index (χ1n) is 11.1. The molecule has 0 N–H and O–H groups in total. The zero-order chi connectivity index (χ0) is 24.5. The molecule has 0 spiro atoms. The summed E-state index contributed by atoms with van der Waals surface area (Å²) in [6.07, 6.45) is 1.62. The largest absolute Gasteiger partial charge is 0.493 e. The number of fused-ring (bicyclic) bond motifs is 2. The molecular weight excluding hydrogens is 508 g/mol. The molecule has 2 aromatic heterocycles. The summed E-state index contributed by atoms with van der Waals surface area (Å²) < 4.78 is 14.1. The van der Waals surface area contributed by atoms with Crippen molar-refractivity contribution in [1.29, 1.82) is 0 Å². The van der Waals surface area contributed by atoms with Crippen LogP contribution in [0.3, 0.4) is 0 Å². The van der Waals surface area contributed by atoms with Crippen molar-refractivity contribution in [1.82, 2.24) is 9.66 Å². The zero-order valence-electron chi connectivity index (χ0n) is 19.5. The van der Waals surface area contributed by atoms with Crippen molar-refractivity contribution in [3.05, 3.63) is 87.1 Å². The van der Waals surface area contributed by atoms with Crippen LogP contribution in [-0.4, -0.2) is 36.6 Å². The standard InChI is InChI=1S/C27H23BrN4O3/c1-4-34-24-15-20(31(2)3)11-9-17(24)16-29-32-26(30-22-8-6-5-7-21(22)27(32)33)25-14-18-13-19(28)10-12-23(18)35-25/h5-16H,4H2,1-3H3. The number of hydrogen-bond acceptors (Lipinski definition) is 6. The first kappa shape index (κ1) is 22.9. The number of aromatic nitrogens is 2. The second kappa shape index (κ2) is 9.38. The molecule has 0 saturated heterocycles. The number of furan rings is 1. The summed E-state index contributed by atoms with van der Waals surface area (Å²) in [5.74, 6) is 1.45. The Kier molecular flexibility index (Phi) is 6.13. The Hall–Kier alpha value is -3.91. The molecule has 0 bridgehead atoms. The number of hydrogen-bond donors (Lipinski definition) is 0. The molecule has 7 nitrogen and oxygen atoms in total.